The van der Waals surface area contributed by atoms with E-state index < -0.39 is 0 Å². The van der Waals surface area contributed by atoms with Gasteiger partial charge < -0.3 is 0 Å². The summed E-state index contributed by atoms with van der Waals surface area (Å²) in [6.07, 6.45) is 2.44. The fourth-order valence-corrected chi connectivity index (χ4v) is 3.02. The average Bonchev–Trinajstić information content (AvgIpc) is 2.82. The minimum absolute atomic E-state index is 0.177. The Morgan fingerprint density at radius 2 is 2.23 bits per heavy atom. The number of nitrogens with two attached hydrogens (primary N) is 1. The van der Waals surface area contributed by atoms with E-state index in [9.17, 15) is 0 Å². The maximum atomic E-state index is 6.03. The van der Waals surface area contributed by atoms with Crippen LogP contribution in [0, 0.1) is 5.92 Å². The summed E-state index contributed by atoms with van der Waals surface area (Å²) in [5, 5.41) is 0. The second-order valence-electron chi connectivity index (χ2n) is 3.26. The fourth-order valence-electron chi connectivity index (χ4n) is 1.47. The van der Waals surface area contributed by atoms with E-state index in [1.165, 1.54) is 24.2 Å². The summed E-state index contributed by atoms with van der Waals surface area (Å²) in [5.41, 5.74) is 3.84. The second-order valence-corrected chi connectivity index (χ2v) is 5.55. The Labute approximate surface area is 91.0 Å². The number of nitrogens with one attached hydrogen (secondary N) is 1. The van der Waals surface area contributed by atoms with Gasteiger partial charge in [-0.2, -0.15) is 0 Å². The van der Waals surface area contributed by atoms with Gasteiger partial charge in [0.05, 0.1) is 14.7 Å². The molecule has 1 unspecified atom stereocenters. The molecule has 0 radical (unpaired) electrons. The van der Waals surface area contributed by atoms with E-state index in [-0.39, 0.29) is 6.04 Å². The third kappa shape index (κ3) is 2.00. The molecule has 3 N–H and O–H groups in total. The van der Waals surface area contributed by atoms with E-state index in [2.05, 4.69) is 5.43 Å². The van der Waals surface area contributed by atoms with Crippen LogP contribution < -0.4 is 11.3 Å². The van der Waals surface area contributed by atoms with Crippen molar-refractivity contribution < 1.29 is 0 Å². The van der Waals surface area contributed by atoms with Gasteiger partial charge in [-0.3, -0.25) is 11.3 Å². The lowest BCUT2D eigenvalue weighted by Gasteiger charge is -2.13. The van der Waals surface area contributed by atoms with Gasteiger partial charge in [0.1, 0.15) is 0 Å². The molecular weight excluding hydrogens is 227 g/mol. The molecule has 1 fully saturated rings. The number of halogens is 2. The van der Waals surface area contributed by atoms with Crippen molar-refractivity contribution in [3.05, 3.63) is 20.3 Å². The minimum Gasteiger partial charge on any atom is -0.271 e. The monoisotopic (exact) mass is 236 g/mol. The largest absolute Gasteiger partial charge is 0.271 e. The summed E-state index contributed by atoms with van der Waals surface area (Å²) in [6.45, 7) is 0. The smallest absolute Gasteiger partial charge is 0.0992 e. The molecule has 72 valence electrons. The van der Waals surface area contributed by atoms with Crippen molar-refractivity contribution in [1.82, 2.24) is 5.43 Å². The number of hydrazine groups is 1. The number of rotatable bonds is 3. The summed E-state index contributed by atoms with van der Waals surface area (Å²) >= 11 is 13.3. The summed E-state index contributed by atoms with van der Waals surface area (Å²) in [6, 6.07) is 2.08. The van der Waals surface area contributed by atoms with Gasteiger partial charge in [0, 0.05) is 5.56 Å². The highest BCUT2D eigenvalue weighted by Gasteiger charge is 2.33. The molecule has 2 nitrogen and oxygen atoms in total. The van der Waals surface area contributed by atoms with Crippen LogP contribution >= 0.6 is 34.5 Å². The Balaban J connectivity index is 2.25. The highest BCUT2D eigenvalue weighted by Crippen LogP contribution is 2.45. The summed E-state index contributed by atoms with van der Waals surface area (Å²) in [7, 11) is 0. The highest BCUT2D eigenvalue weighted by atomic mass is 35.5. The molecule has 0 bridgehead atoms. The number of thiophene rings is 1. The van der Waals surface area contributed by atoms with Gasteiger partial charge in [-0.1, -0.05) is 23.2 Å². The van der Waals surface area contributed by atoms with Crippen molar-refractivity contribution in [2.24, 2.45) is 11.8 Å². The summed E-state index contributed by atoms with van der Waals surface area (Å²) < 4.78 is 1.47. The van der Waals surface area contributed by atoms with Crippen molar-refractivity contribution in [3.63, 3.8) is 0 Å². The third-order valence-electron chi connectivity index (χ3n) is 2.29. The molecule has 0 aromatic carbocycles. The maximum Gasteiger partial charge on any atom is 0.0992 e. The van der Waals surface area contributed by atoms with Crippen LogP contribution in [0.15, 0.2) is 6.07 Å². The Bertz CT molecular complexity index is 309. The van der Waals surface area contributed by atoms with Gasteiger partial charge in [-0.05, 0) is 24.8 Å². The van der Waals surface area contributed by atoms with Crippen LogP contribution in [0.2, 0.25) is 8.67 Å². The molecule has 1 atom stereocenters. The first-order valence-corrected chi connectivity index (χ1v) is 5.70. The lowest BCUT2D eigenvalue weighted by Crippen LogP contribution is -2.29. The van der Waals surface area contributed by atoms with Crippen LogP contribution in [0.25, 0.3) is 0 Å². The molecule has 1 aliphatic rings. The van der Waals surface area contributed by atoms with Crippen molar-refractivity contribution >= 4 is 34.5 Å². The standard InChI is InChI=1S/C8H10Cl2N2S/c9-6-3-5(8(10)13-6)7(12-11)4-1-2-4/h3-4,7,12H,1-2,11H2. The number of hydrogen-bond acceptors (Lipinski definition) is 3. The molecular formula is C8H10Cl2N2S. The fraction of sp³-hybridized carbons (Fsp3) is 0.500. The van der Waals surface area contributed by atoms with Gasteiger partial charge in [0.25, 0.3) is 0 Å². The SMILES string of the molecule is NNC(c1cc(Cl)sc1Cl)C1CC1. The molecule has 0 spiro atoms. The molecule has 5 heteroatoms. The van der Waals surface area contributed by atoms with E-state index in [0.717, 1.165) is 14.2 Å². The van der Waals surface area contributed by atoms with Gasteiger partial charge in [-0.25, -0.2) is 0 Å². The van der Waals surface area contributed by atoms with Crippen LogP contribution in [0.5, 0.6) is 0 Å². The van der Waals surface area contributed by atoms with Gasteiger partial charge in [0.2, 0.25) is 0 Å². The first-order valence-electron chi connectivity index (χ1n) is 4.13. The average molecular weight is 237 g/mol. The quantitative estimate of drug-likeness (QED) is 0.626. The molecule has 0 amide bonds. The van der Waals surface area contributed by atoms with Crippen LogP contribution in [0.4, 0.5) is 0 Å². The molecule has 1 saturated carbocycles. The lowest BCUT2D eigenvalue weighted by molar-refractivity contribution is 0.498. The van der Waals surface area contributed by atoms with Crippen LogP contribution in [-0.2, 0) is 0 Å². The van der Waals surface area contributed by atoms with E-state index in [1.807, 2.05) is 6.07 Å². The maximum absolute atomic E-state index is 6.03. The van der Waals surface area contributed by atoms with E-state index >= 15 is 0 Å². The predicted octanol–water partition coefficient (Wildman–Crippen LogP) is 2.97. The second kappa shape index (κ2) is 3.75. The summed E-state index contributed by atoms with van der Waals surface area (Å²) in [5.74, 6) is 6.11. The summed E-state index contributed by atoms with van der Waals surface area (Å²) in [4.78, 5) is 0. The Hall–Kier alpha value is 0.200. The van der Waals surface area contributed by atoms with Crippen molar-refractivity contribution in [1.29, 1.82) is 0 Å². The zero-order chi connectivity index (χ0) is 9.42. The third-order valence-corrected chi connectivity index (χ3v) is 3.81. The van der Waals surface area contributed by atoms with E-state index in [1.54, 1.807) is 0 Å². The molecule has 1 aromatic rings. The Morgan fingerprint density at radius 3 is 2.62 bits per heavy atom. The van der Waals surface area contributed by atoms with Crippen molar-refractivity contribution in [2.75, 3.05) is 0 Å². The molecule has 13 heavy (non-hydrogen) atoms. The van der Waals surface area contributed by atoms with Gasteiger partial charge in [-0.15, -0.1) is 11.3 Å². The first-order chi connectivity index (χ1) is 6.22. The van der Waals surface area contributed by atoms with Gasteiger partial charge >= 0.3 is 0 Å². The molecule has 1 aromatic heterocycles. The molecule has 0 aliphatic heterocycles. The van der Waals surface area contributed by atoms with E-state index in [0.29, 0.717) is 5.92 Å². The highest BCUT2D eigenvalue weighted by molar-refractivity contribution is 7.20. The normalized spacial score (nSPS) is 19.0. The molecule has 1 heterocycles. The Morgan fingerprint density at radius 1 is 1.54 bits per heavy atom. The molecule has 0 saturated heterocycles. The van der Waals surface area contributed by atoms with Crippen LogP contribution in [-0.4, -0.2) is 0 Å². The van der Waals surface area contributed by atoms with Crippen molar-refractivity contribution in [3.8, 4) is 0 Å². The zero-order valence-corrected chi connectivity index (χ0v) is 9.22. The lowest BCUT2D eigenvalue weighted by atomic mass is 10.1. The Kier molecular flexibility index (Phi) is 2.81. The van der Waals surface area contributed by atoms with Crippen LogP contribution in [0.1, 0.15) is 24.4 Å². The zero-order valence-electron chi connectivity index (χ0n) is 6.89. The molecule has 2 rings (SSSR count). The van der Waals surface area contributed by atoms with E-state index in [4.69, 9.17) is 29.0 Å². The topological polar surface area (TPSA) is 38.0 Å². The predicted molar refractivity (Wildman–Crippen MR) is 57.1 cm³/mol. The van der Waals surface area contributed by atoms with Crippen LogP contribution in [0.3, 0.4) is 0 Å². The van der Waals surface area contributed by atoms with Gasteiger partial charge in [0.15, 0.2) is 0 Å². The minimum atomic E-state index is 0.177. The first kappa shape index (κ1) is 9.74. The molecule has 1 aliphatic carbocycles. The van der Waals surface area contributed by atoms with Crippen molar-refractivity contribution in [2.45, 2.75) is 18.9 Å². The number of hydrogen-bond donors (Lipinski definition) is 2.